The van der Waals surface area contributed by atoms with Gasteiger partial charge in [0.25, 0.3) is 16.8 Å². The van der Waals surface area contributed by atoms with E-state index in [1.807, 2.05) is 0 Å². The molecule has 0 atom stereocenters. The molecule has 0 radical (unpaired) electrons. The molecule has 0 bridgehead atoms. The van der Waals surface area contributed by atoms with E-state index < -0.39 is 4.92 Å². The predicted molar refractivity (Wildman–Crippen MR) is 133 cm³/mol. The molecule has 10 heteroatoms. The Morgan fingerprint density at radius 3 is 2.49 bits per heavy atom. The fourth-order valence-corrected chi connectivity index (χ4v) is 4.42. The molecule has 1 fully saturated rings. The molecule has 1 aliphatic rings. The number of halogens is 1. The molecular weight excluding hydrogens is 492 g/mol. The zero-order valence-corrected chi connectivity index (χ0v) is 20.0. The number of amides is 2. The standard InChI is InChI=1S/C25H19ClN2O6S/c1-33-22-12-17(7-10-21(22)34-15-16-5-8-20(9-6-16)28(31)32)13-23-24(29)27(25(30)35-23)14-18-3-2-4-19(26)11-18/h2-13H,14-15H2,1H3/b23-13-. The number of hydrogen-bond acceptors (Lipinski definition) is 7. The summed E-state index contributed by atoms with van der Waals surface area (Å²) in [6.45, 7) is 0.331. The summed E-state index contributed by atoms with van der Waals surface area (Å²) in [5.74, 6) is 0.535. The van der Waals surface area contributed by atoms with Crippen LogP contribution >= 0.6 is 23.4 Å². The first kappa shape index (κ1) is 24.3. The van der Waals surface area contributed by atoms with E-state index in [1.165, 1.54) is 24.1 Å². The topological polar surface area (TPSA) is 99.0 Å². The second-order valence-corrected chi connectivity index (χ2v) is 8.95. The number of carbonyl (C=O) groups excluding carboxylic acids is 2. The molecule has 178 valence electrons. The summed E-state index contributed by atoms with van der Waals surface area (Å²) >= 11 is 6.88. The zero-order valence-electron chi connectivity index (χ0n) is 18.5. The minimum atomic E-state index is -0.460. The van der Waals surface area contributed by atoms with Crippen molar-refractivity contribution < 1.29 is 24.0 Å². The molecular formula is C25H19ClN2O6S. The lowest BCUT2D eigenvalue weighted by molar-refractivity contribution is -0.384. The van der Waals surface area contributed by atoms with Crippen LogP contribution < -0.4 is 9.47 Å². The second kappa shape index (κ2) is 10.6. The SMILES string of the molecule is COc1cc(/C=C2\SC(=O)N(Cc3cccc(Cl)c3)C2=O)ccc1OCc1ccc([N+](=O)[O-])cc1. The highest BCUT2D eigenvalue weighted by molar-refractivity contribution is 8.18. The molecule has 35 heavy (non-hydrogen) atoms. The molecule has 1 saturated heterocycles. The van der Waals surface area contributed by atoms with Crippen molar-refractivity contribution in [2.45, 2.75) is 13.2 Å². The van der Waals surface area contributed by atoms with Gasteiger partial charge in [-0.25, -0.2) is 0 Å². The molecule has 0 unspecified atom stereocenters. The molecule has 0 aromatic heterocycles. The highest BCUT2D eigenvalue weighted by Crippen LogP contribution is 2.35. The van der Waals surface area contributed by atoms with Crippen molar-refractivity contribution in [3.63, 3.8) is 0 Å². The summed E-state index contributed by atoms with van der Waals surface area (Å²) in [4.78, 5) is 37.1. The van der Waals surface area contributed by atoms with Crippen molar-refractivity contribution in [3.8, 4) is 11.5 Å². The molecule has 3 aromatic carbocycles. The number of hydrogen-bond donors (Lipinski definition) is 0. The van der Waals surface area contributed by atoms with Gasteiger partial charge in [-0.15, -0.1) is 0 Å². The number of nitro benzene ring substituents is 1. The van der Waals surface area contributed by atoms with Crippen molar-refractivity contribution in [2.75, 3.05) is 7.11 Å². The number of non-ortho nitro benzene ring substituents is 1. The van der Waals surface area contributed by atoms with Gasteiger partial charge in [0.2, 0.25) is 0 Å². The van der Waals surface area contributed by atoms with Gasteiger partial charge in [0, 0.05) is 17.2 Å². The van der Waals surface area contributed by atoms with Crippen LogP contribution in [0.2, 0.25) is 5.02 Å². The summed E-state index contributed by atoms with van der Waals surface area (Å²) < 4.78 is 11.2. The number of benzene rings is 3. The lowest BCUT2D eigenvalue weighted by atomic mass is 10.1. The highest BCUT2D eigenvalue weighted by Gasteiger charge is 2.35. The minimum absolute atomic E-state index is 0.00710. The van der Waals surface area contributed by atoms with E-state index in [2.05, 4.69) is 0 Å². The predicted octanol–water partition coefficient (Wildman–Crippen LogP) is 6.07. The number of imide groups is 1. The van der Waals surface area contributed by atoms with Crippen LogP contribution in [0.5, 0.6) is 11.5 Å². The van der Waals surface area contributed by atoms with E-state index >= 15 is 0 Å². The van der Waals surface area contributed by atoms with Crippen LogP contribution in [0.3, 0.4) is 0 Å². The Balaban J connectivity index is 1.46. The van der Waals surface area contributed by atoms with Gasteiger partial charge in [-0.05, 0) is 70.9 Å². The van der Waals surface area contributed by atoms with Gasteiger partial charge in [0.05, 0.1) is 23.5 Å². The van der Waals surface area contributed by atoms with Crippen LogP contribution in [0.25, 0.3) is 6.08 Å². The Morgan fingerprint density at radius 2 is 1.80 bits per heavy atom. The first-order valence-electron chi connectivity index (χ1n) is 10.4. The summed E-state index contributed by atoms with van der Waals surface area (Å²) in [5, 5.41) is 11.0. The molecule has 4 rings (SSSR count). The summed E-state index contributed by atoms with van der Waals surface area (Å²) in [5.41, 5.74) is 2.19. The third-order valence-electron chi connectivity index (χ3n) is 5.13. The van der Waals surface area contributed by atoms with E-state index in [4.69, 9.17) is 21.1 Å². The molecule has 0 aliphatic carbocycles. The van der Waals surface area contributed by atoms with Crippen molar-refractivity contribution in [1.82, 2.24) is 4.90 Å². The maximum Gasteiger partial charge on any atom is 0.293 e. The van der Waals surface area contributed by atoms with Gasteiger partial charge in [-0.1, -0.05) is 29.8 Å². The average molecular weight is 511 g/mol. The minimum Gasteiger partial charge on any atom is -0.493 e. The lowest BCUT2D eigenvalue weighted by Crippen LogP contribution is -2.27. The quantitative estimate of drug-likeness (QED) is 0.206. The van der Waals surface area contributed by atoms with Gasteiger partial charge in [-0.3, -0.25) is 24.6 Å². The van der Waals surface area contributed by atoms with Crippen LogP contribution in [0.1, 0.15) is 16.7 Å². The Labute approximate surface area is 210 Å². The smallest absolute Gasteiger partial charge is 0.293 e. The van der Waals surface area contributed by atoms with Gasteiger partial charge in [0.15, 0.2) is 11.5 Å². The molecule has 3 aromatic rings. The lowest BCUT2D eigenvalue weighted by Gasteiger charge is -2.13. The van der Waals surface area contributed by atoms with Crippen molar-refractivity contribution in [3.05, 3.63) is 103 Å². The van der Waals surface area contributed by atoms with Gasteiger partial charge in [-0.2, -0.15) is 0 Å². The first-order valence-corrected chi connectivity index (χ1v) is 11.6. The van der Waals surface area contributed by atoms with Crippen LogP contribution in [0.15, 0.2) is 71.6 Å². The normalized spacial score (nSPS) is 14.5. The summed E-state index contributed by atoms with van der Waals surface area (Å²) in [7, 11) is 1.50. The Hall–Kier alpha value is -3.82. The van der Waals surface area contributed by atoms with E-state index in [-0.39, 0.29) is 30.0 Å². The maximum atomic E-state index is 12.8. The maximum absolute atomic E-state index is 12.8. The number of nitrogens with zero attached hydrogens (tertiary/aromatic N) is 2. The average Bonchev–Trinajstić information content (AvgIpc) is 3.10. The molecule has 2 amide bonds. The van der Waals surface area contributed by atoms with Gasteiger partial charge in [0.1, 0.15) is 6.61 Å². The largest absolute Gasteiger partial charge is 0.493 e. The number of thioether (sulfide) groups is 1. The van der Waals surface area contributed by atoms with E-state index in [1.54, 1.807) is 60.7 Å². The van der Waals surface area contributed by atoms with Crippen LogP contribution in [0.4, 0.5) is 10.5 Å². The van der Waals surface area contributed by atoms with Crippen LogP contribution in [-0.2, 0) is 17.9 Å². The number of rotatable bonds is 8. The van der Waals surface area contributed by atoms with Gasteiger partial charge < -0.3 is 9.47 Å². The fourth-order valence-electron chi connectivity index (χ4n) is 3.37. The Kier molecular flexibility index (Phi) is 7.38. The Bertz CT molecular complexity index is 1330. The van der Waals surface area contributed by atoms with Gasteiger partial charge >= 0.3 is 0 Å². The summed E-state index contributed by atoms with van der Waals surface area (Å²) in [6.07, 6.45) is 1.63. The zero-order chi connectivity index (χ0) is 24.9. The number of methoxy groups -OCH3 is 1. The molecule has 1 aliphatic heterocycles. The van der Waals surface area contributed by atoms with Crippen LogP contribution in [-0.4, -0.2) is 28.1 Å². The van der Waals surface area contributed by atoms with Crippen molar-refractivity contribution in [2.24, 2.45) is 0 Å². The van der Waals surface area contributed by atoms with E-state index in [0.717, 1.165) is 22.9 Å². The van der Waals surface area contributed by atoms with Crippen molar-refractivity contribution in [1.29, 1.82) is 0 Å². The number of carbonyl (C=O) groups is 2. The molecule has 0 N–H and O–H groups in total. The van der Waals surface area contributed by atoms with Crippen molar-refractivity contribution >= 4 is 46.3 Å². The number of nitro groups is 1. The number of ether oxygens (including phenoxy) is 2. The first-order chi connectivity index (χ1) is 16.8. The second-order valence-electron chi connectivity index (χ2n) is 7.52. The molecule has 0 saturated carbocycles. The molecule has 8 nitrogen and oxygen atoms in total. The monoisotopic (exact) mass is 510 g/mol. The summed E-state index contributed by atoms with van der Waals surface area (Å²) in [6, 6.07) is 18.2. The third kappa shape index (κ3) is 5.82. The Morgan fingerprint density at radius 1 is 1.03 bits per heavy atom. The highest BCUT2D eigenvalue weighted by atomic mass is 35.5. The fraction of sp³-hybridized carbons (Fsp3) is 0.120. The molecule has 1 heterocycles. The van der Waals surface area contributed by atoms with E-state index in [9.17, 15) is 19.7 Å². The van der Waals surface area contributed by atoms with Crippen LogP contribution in [0, 0.1) is 10.1 Å². The molecule has 0 spiro atoms. The third-order valence-corrected chi connectivity index (χ3v) is 6.27. The van der Waals surface area contributed by atoms with E-state index in [0.29, 0.717) is 27.0 Å².